The van der Waals surface area contributed by atoms with Gasteiger partial charge in [0.1, 0.15) is 5.82 Å². The molecule has 0 saturated heterocycles. The molecular formula is C15H20ClN5. The number of hydrogen-bond donors (Lipinski definition) is 3. The Kier molecular flexibility index (Phi) is 5.36. The van der Waals surface area contributed by atoms with Gasteiger partial charge in [-0.15, -0.1) is 0 Å². The summed E-state index contributed by atoms with van der Waals surface area (Å²) in [6.07, 6.45) is 2.69. The Morgan fingerprint density at radius 3 is 2.76 bits per heavy atom. The van der Waals surface area contributed by atoms with Crippen LogP contribution in [0.1, 0.15) is 17.5 Å². The second-order valence-electron chi connectivity index (χ2n) is 4.88. The fourth-order valence-corrected chi connectivity index (χ4v) is 1.97. The summed E-state index contributed by atoms with van der Waals surface area (Å²) in [7, 11) is 0. The molecule has 0 aliphatic rings. The summed E-state index contributed by atoms with van der Waals surface area (Å²) in [6.45, 7) is 5.39. The number of anilines is 3. The highest BCUT2D eigenvalue weighted by atomic mass is 35.5. The minimum absolute atomic E-state index is 0.538. The van der Waals surface area contributed by atoms with E-state index in [1.165, 1.54) is 0 Å². The van der Waals surface area contributed by atoms with Crippen LogP contribution in [-0.2, 0) is 0 Å². The van der Waals surface area contributed by atoms with E-state index in [0.29, 0.717) is 17.5 Å². The van der Waals surface area contributed by atoms with Crippen molar-refractivity contribution in [2.75, 3.05) is 23.7 Å². The molecule has 5 nitrogen and oxygen atoms in total. The molecule has 21 heavy (non-hydrogen) atoms. The molecule has 0 atom stereocenters. The highest BCUT2D eigenvalue weighted by molar-refractivity contribution is 6.31. The van der Waals surface area contributed by atoms with Gasteiger partial charge in [-0.1, -0.05) is 17.7 Å². The molecule has 0 aliphatic heterocycles. The van der Waals surface area contributed by atoms with Crippen molar-refractivity contribution < 1.29 is 0 Å². The molecule has 0 spiro atoms. The summed E-state index contributed by atoms with van der Waals surface area (Å²) < 4.78 is 0. The van der Waals surface area contributed by atoms with Crippen molar-refractivity contribution in [2.45, 2.75) is 20.3 Å². The third-order valence-electron chi connectivity index (χ3n) is 3.07. The Morgan fingerprint density at radius 1 is 1.24 bits per heavy atom. The van der Waals surface area contributed by atoms with Crippen LogP contribution in [-0.4, -0.2) is 23.1 Å². The molecule has 0 bridgehead atoms. The average Bonchev–Trinajstić information content (AvgIpc) is 2.46. The van der Waals surface area contributed by atoms with Crippen LogP contribution >= 0.6 is 11.6 Å². The topological polar surface area (TPSA) is 75.9 Å². The van der Waals surface area contributed by atoms with E-state index >= 15 is 0 Å². The number of aromatic nitrogens is 2. The van der Waals surface area contributed by atoms with E-state index in [4.69, 9.17) is 17.3 Å². The summed E-state index contributed by atoms with van der Waals surface area (Å²) in [4.78, 5) is 8.76. The van der Waals surface area contributed by atoms with Gasteiger partial charge in [0.25, 0.3) is 0 Å². The molecular weight excluding hydrogens is 286 g/mol. The van der Waals surface area contributed by atoms with Crippen molar-refractivity contribution in [3.8, 4) is 0 Å². The molecule has 1 aromatic heterocycles. The number of benzene rings is 1. The number of nitrogens with two attached hydrogens (primary N) is 1. The van der Waals surface area contributed by atoms with Gasteiger partial charge < -0.3 is 16.4 Å². The Bertz CT molecular complexity index is 615. The zero-order valence-electron chi connectivity index (χ0n) is 12.3. The second kappa shape index (κ2) is 7.24. The minimum Gasteiger partial charge on any atom is -0.370 e. The fraction of sp³-hybridized carbons (Fsp3) is 0.333. The van der Waals surface area contributed by atoms with Gasteiger partial charge in [-0.05, 0) is 44.5 Å². The van der Waals surface area contributed by atoms with E-state index < -0.39 is 0 Å². The maximum absolute atomic E-state index is 6.12. The molecule has 2 aromatic rings. The maximum atomic E-state index is 6.12. The van der Waals surface area contributed by atoms with Gasteiger partial charge >= 0.3 is 0 Å². The van der Waals surface area contributed by atoms with Gasteiger partial charge in [0.15, 0.2) is 0 Å². The first-order chi connectivity index (χ1) is 10.1. The molecule has 1 aromatic carbocycles. The molecule has 112 valence electrons. The molecule has 4 N–H and O–H groups in total. The summed E-state index contributed by atoms with van der Waals surface area (Å²) in [5.41, 5.74) is 8.39. The molecule has 6 heteroatoms. The van der Waals surface area contributed by atoms with Gasteiger partial charge in [-0.2, -0.15) is 4.98 Å². The first-order valence-corrected chi connectivity index (χ1v) is 7.28. The van der Waals surface area contributed by atoms with E-state index in [2.05, 4.69) is 20.6 Å². The van der Waals surface area contributed by atoms with Gasteiger partial charge in [-0.25, -0.2) is 4.98 Å². The van der Waals surface area contributed by atoms with Crippen molar-refractivity contribution >= 4 is 29.1 Å². The van der Waals surface area contributed by atoms with Crippen LogP contribution in [0.15, 0.2) is 24.4 Å². The monoisotopic (exact) mass is 305 g/mol. The number of halogens is 1. The number of nitrogens with zero attached hydrogens (tertiary/aromatic N) is 2. The molecule has 0 aliphatic carbocycles. The molecule has 0 saturated carbocycles. The standard InChI is InChI=1S/C15H20ClN5/c1-10-4-5-12(8-13(10)16)20-15-19-9-11(2)14(21-15)18-7-3-6-17/h4-5,8-9H,3,6-7,17H2,1-2H3,(H2,18,19,20,21). The van der Waals surface area contributed by atoms with Crippen molar-refractivity contribution in [3.05, 3.63) is 40.5 Å². The maximum Gasteiger partial charge on any atom is 0.229 e. The first kappa shape index (κ1) is 15.5. The molecule has 2 rings (SSSR count). The molecule has 0 fully saturated rings. The van der Waals surface area contributed by atoms with Crippen LogP contribution in [0.2, 0.25) is 5.02 Å². The Labute approximate surface area is 129 Å². The third-order valence-corrected chi connectivity index (χ3v) is 3.48. The summed E-state index contributed by atoms with van der Waals surface area (Å²) in [5.74, 6) is 1.36. The first-order valence-electron chi connectivity index (χ1n) is 6.91. The average molecular weight is 306 g/mol. The predicted octanol–water partition coefficient (Wildman–Crippen LogP) is 3.25. The lowest BCUT2D eigenvalue weighted by molar-refractivity contribution is 0.867. The second-order valence-corrected chi connectivity index (χ2v) is 5.29. The lowest BCUT2D eigenvalue weighted by atomic mass is 10.2. The number of aryl methyl sites for hydroxylation is 2. The minimum atomic E-state index is 0.538. The van der Waals surface area contributed by atoms with E-state index in [1.807, 2.05) is 32.0 Å². The molecule has 0 amide bonds. The van der Waals surface area contributed by atoms with Crippen LogP contribution in [0.3, 0.4) is 0 Å². The van der Waals surface area contributed by atoms with Crippen LogP contribution in [0.25, 0.3) is 0 Å². The van der Waals surface area contributed by atoms with E-state index in [-0.39, 0.29) is 0 Å². The van der Waals surface area contributed by atoms with E-state index in [0.717, 1.165) is 35.6 Å². The zero-order chi connectivity index (χ0) is 15.2. The number of hydrogen-bond acceptors (Lipinski definition) is 5. The van der Waals surface area contributed by atoms with Gasteiger partial charge in [0.05, 0.1) is 0 Å². The van der Waals surface area contributed by atoms with Crippen molar-refractivity contribution in [1.29, 1.82) is 0 Å². The smallest absolute Gasteiger partial charge is 0.229 e. The molecule has 1 heterocycles. The van der Waals surface area contributed by atoms with E-state index in [9.17, 15) is 0 Å². The Hall–Kier alpha value is -1.85. The summed E-state index contributed by atoms with van der Waals surface area (Å²) in [6, 6.07) is 5.77. The lowest BCUT2D eigenvalue weighted by Gasteiger charge is -2.11. The Morgan fingerprint density at radius 2 is 2.05 bits per heavy atom. The lowest BCUT2D eigenvalue weighted by Crippen LogP contribution is -2.11. The van der Waals surface area contributed by atoms with E-state index in [1.54, 1.807) is 6.20 Å². The number of nitrogens with one attached hydrogen (secondary N) is 2. The van der Waals surface area contributed by atoms with Gasteiger partial charge in [-0.3, -0.25) is 0 Å². The zero-order valence-corrected chi connectivity index (χ0v) is 13.0. The normalized spacial score (nSPS) is 10.5. The molecule has 0 unspecified atom stereocenters. The van der Waals surface area contributed by atoms with Crippen LogP contribution < -0.4 is 16.4 Å². The Balaban J connectivity index is 2.12. The number of rotatable bonds is 6. The summed E-state index contributed by atoms with van der Waals surface area (Å²) >= 11 is 6.12. The van der Waals surface area contributed by atoms with Crippen LogP contribution in [0.5, 0.6) is 0 Å². The van der Waals surface area contributed by atoms with Gasteiger partial charge in [0.2, 0.25) is 5.95 Å². The SMILES string of the molecule is Cc1ccc(Nc2ncc(C)c(NCCCN)n2)cc1Cl. The van der Waals surface area contributed by atoms with Crippen LogP contribution in [0, 0.1) is 13.8 Å². The summed E-state index contributed by atoms with van der Waals surface area (Å²) in [5, 5.41) is 7.14. The largest absolute Gasteiger partial charge is 0.370 e. The highest BCUT2D eigenvalue weighted by Crippen LogP contribution is 2.22. The third kappa shape index (κ3) is 4.31. The van der Waals surface area contributed by atoms with Gasteiger partial charge in [0, 0.05) is 29.0 Å². The van der Waals surface area contributed by atoms with Crippen molar-refractivity contribution in [1.82, 2.24) is 9.97 Å². The quantitative estimate of drug-likeness (QED) is 0.714. The van der Waals surface area contributed by atoms with Crippen molar-refractivity contribution in [3.63, 3.8) is 0 Å². The van der Waals surface area contributed by atoms with Crippen molar-refractivity contribution in [2.24, 2.45) is 5.73 Å². The molecule has 0 radical (unpaired) electrons. The highest BCUT2D eigenvalue weighted by Gasteiger charge is 2.05. The predicted molar refractivity (Wildman–Crippen MR) is 88.4 cm³/mol. The fourth-order valence-electron chi connectivity index (χ4n) is 1.79. The van der Waals surface area contributed by atoms with Crippen LogP contribution in [0.4, 0.5) is 17.5 Å².